The highest BCUT2D eigenvalue weighted by atomic mass is 35.5. The van der Waals surface area contributed by atoms with Crippen LogP contribution in [-0.2, 0) is 14.3 Å². The van der Waals surface area contributed by atoms with Crippen LogP contribution in [0.3, 0.4) is 0 Å². The predicted molar refractivity (Wildman–Crippen MR) is 175 cm³/mol. The summed E-state index contributed by atoms with van der Waals surface area (Å²) in [6.45, 7) is 10.9. The number of pyridine rings is 1. The summed E-state index contributed by atoms with van der Waals surface area (Å²) in [5.74, 6) is 0.675. The molecule has 2 amide bonds. The minimum Gasteiger partial charge on any atom is -0.381 e. The molecular formula is C34H41ClN6O3. The standard InChI is InChI=1S/C34H41ClN6O3/c1-5-24-17-29(28-9-8-25(18-30(28)35)26-7-6-13-36-19-26)34(43)41(21-32(42)37-20-31-22(2)10-14-40(31)4)33(24)39-23(3)38-27-11-15-44-16-12-27/h5-9,13,17-19,22,27,31,38H,3,10-12,14-16,20-21H2,1-2,4H3,(H,37,42)/b24-5-,39-33+. The van der Waals surface area contributed by atoms with Gasteiger partial charge >= 0.3 is 0 Å². The van der Waals surface area contributed by atoms with Crippen molar-refractivity contribution in [1.82, 2.24) is 25.4 Å². The zero-order valence-corrected chi connectivity index (χ0v) is 26.4. The summed E-state index contributed by atoms with van der Waals surface area (Å²) >= 11 is 6.80. The molecule has 0 aliphatic carbocycles. The fourth-order valence-corrected chi connectivity index (χ4v) is 6.30. The number of likely N-dealkylation sites (tertiary alicyclic amines) is 1. The van der Waals surface area contributed by atoms with Crippen LogP contribution in [0, 0.1) is 5.92 Å². The minimum absolute atomic E-state index is 0.180. The van der Waals surface area contributed by atoms with Crippen LogP contribution in [0.4, 0.5) is 0 Å². The van der Waals surface area contributed by atoms with Crippen molar-refractivity contribution in [3.63, 3.8) is 0 Å². The van der Waals surface area contributed by atoms with Gasteiger partial charge in [-0.15, -0.1) is 0 Å². The van der Waals surface area contributed by atoms with Crippen LogP contribution in [-0.4, -0.2) is 84.4 Å². The third-order valence-electron chi connectivity index (χ3n) is 8.66. The van der Waals surface area contributed by atoms with Gasteiger partial charge in [-0.3, -0.25) is 19.5 Å². The van der Waals surface area contributed by atoms with Crippen molar-refractivity contribution in [2.75, 3.05) is 39.9 Å². The van der Waals surface area contributed by atoms with Gasteiger partial charge in [0, 0.05) is 71.5 Å². The van der Waals surface area contributed by atoms with Crippen molar-refractivity contribution < 1.29 is 14.3 Å². The van der Waals surface area contributed by atoms with Gasteiger partial charge in [0.15, 0.2) is 0 Å². The Kier molecular flexibility index (Phi) is 10.3. The number of carbonyl (C=O) groups excluding carboxylic acids is 2. The highest BCUT2D eigenvalue weighted by Gasteiger charge is 2.34. The molecule has 0 bridgehead atoms. The quantitative estimate of drug-likeness (QED) is 0.425. The number of nitrogens with zero attached hydrogens (tertiary/aromatic N) is 4. The highest BCUT2D eigenvalue weighted by molar-refractivity contribution is 6.38. The Hall–Kier alpha value is -3.79. The predicted octanol–water partition coefficient (Wildman–Crippen LogP) is 4.67. The SMILES string of the molecule is C=C(/N=C1\C(=C/C)C=C(c2ccc(-c3cccnc3)cc2Cl)C(=O)N1CC(=O)NCC1C(C)CCN1C)NC1CCOCC1. The maximum Gasteiger partial charge on any atom is 0.260 e. The minimum atomic E-state index is -0.356. The molecule has 0 saturated carbocycles. The van der Waals surface area contributed by atoms with Crippen molar-refractivity contribution in [3.05, 3.63) is 83.4 Å². The molecule has 5 rings (SSSR count). The summed E-state index contributed by atoms with van der Waals surface area (Å²) in [6.07, 6.45) is 9.94. The van der Waals surface area contributed by atoms with E-state index in [1.165, 1.54) is 4.90 Å². The van der Waals surface area contributed by atoms with Gasteiger partial charge in [-0.25, -0.2) is 4.99 Å². The normalized spacial score (nSPS) is 23.2. The van der Waals surface area contributed by atoms with E-state index in [0.29, 0.717) is 59.1 Å². The zero-order chi connectivity index (χ0) is 31.2. The van der Waals surface area contributed by atoms with Crippen molar-refractivity contribution >= 4 is 34.8 Å². The number of aromatic nitrogens is 1. The number of ether oxygens (including phenoxy) is 1. The van der Waals surface area contributed by atoms with Crippen LogP contribution in [0.1, 0.15) is 38.7 Å². The Balaban J connectivity index is 1.44. The lowest BCUT2D eigenvalue weighted by Crippen LogP contribution is -2.49. The molecular weight excluding hydrogens is 576 g/mol. The molecule has 232 valence electrons. The van der Waals surface area contributed by atoms with E-state index < -0.39 is 0 Å². The molecule has 1 aromatic carbocycles. The summed E-state index contributed by atoms with van der Waals surface area (Å²) in [4.78, 5) is 40.3. The van der Waals surface area contributed by atoms with Gasteiger partial charge in [0.2, 0.25) is 5.91 Å². The molecule has 1 aromatic heterocycles. The second-order valence-corrected chi connectivity index (χ2v) is 12.1. The fraction of sp³-hybridized carbons (Fsp3) is 0.412. The largest absolute Gasteiger partial charge is 0.381 e. The van der Waals surface area contributed by atoms with E-state index in [-0.39, 0.29) is 30.4 Å². The lowest BCUT2D eigenvalue weighted by Gasteiger charge is -2.31. The number of hydrogen-bond donors (Lipinski definition) is 2. The Morgan fingerprint density at radius 2 is 2.02 bits per heavy atom. The first-order valence-electron chi connectivity index (χ1n) is 15.2. The van der Waals surface area contributed by atoms with Crippen LogP contribution >= 0.6 is 11.6 Å². The second kappa shape index (κ2) is 14.3. The van der Waals surface area contributed by atoms with Crippen LogP contribution in [0.15, 0.2) is 77.8 Å². The number of aliphatic imine (C=N–C) groups is 1. The maximum absolute atomic E-state index is 14.2. The molecule has 2 fully saturated rings. The van der Waals surface area contributed by atoms with Crippen LogP contribution in [0.2, 0.25) is 5.02 Å². The monoisotopic (exact) mass is 616 g/mol. The van der Waals surface area contributed by atoms with Gasteiger partial charge in [0.1, 0.15) is 18.2 Å². The van der Waals surface area contributed by atoms with Crippen LogP contribution < -0.4 is 10.6 Å². The summed E-state index contributed by atoms with van der Waals surface area (Å²) < 4.78 is 5.47. The number of amides is 2. The van der Waals surface area contributed by atoms with Gasteiger partial charge < -0.3 is 20.3 Å². The second-order valence-electron chi connectivity index (χ2n) is 11.7. The molecule has 2 aromatic rings. The number of benzene rings is 1. The number of rotatable bonds is 9. The number of hydrogen-bond acceptors (Lipinski definition) is 7. The van der Waals surface area contributed by atoms with Gasteiger partial charge in [-0.1, -0.05) is 49.4 Å². The number of carbonyl (C=O) groups is 2. The van der Waals surface area contributed by atoms with Crippen molar-refractivity contribution in [3.8, 4) is 11.1 Å². The third kappa shape index (κ3) is 7.29. The molecule has 44 heavy (non-hydrogen) atoms. The van der Waals surface area contributed by atoms with Crippen LogP contribution in [0.5, 0.6) is 0 Å². The molecule has 2 atom stereocenters. The third-order valence-corrected chi connectivity index (χ3v) is 8.97. The van der Waals surface area contributed by atoms with Gasteiger partial charge in [-0.05, 0) is 69.5 Å². The molecule has 2 unspecified atom stereocenters. The zero-order valence-electron chi connectivity index (χ0n) is 25.7. The molecule has 10 heteroatoms. The Labute approximate surface area is 264 Å². The lowest BCUT2D eigenvalue weighted by molar-refractivity contribution is -0.128. The van der Waals surface area contributed by atoms with E-state index in [4.69, 9.17) is 21.3 Å². The van der Waals surface area contributed by atoms with E-state index in [1.54, 1.807) is 18.5 Å². The molecule has 0 radical (unpaired) electrons. The van der Waals surface area contributed by atoms with E-state index in [9.17, 15) is 9.59 Å². The number of allylic oxidation sites excluding steroid dienone is 1. The summed E-state index contributed by atoms with van der Waals surface area (Å²) in [5.41, 5.74) is 3.47. The molecule has 4 heterocycles. The van der Waals surface area contributed by atoms with Gasteiger partial charge in [0.05, 0.1) is 0 Å². The first-order chi connectivity index (χ1) is 21.2. The highest BCUT2D eigenvalue weighted by Crippen LogP contribution is 2.34. The van der Waals surface area contributed by atoms with Crippen molar-refractivity contribution in [2.24, 2.45) is 10.9 Å². The van der Waals surface area contributed by atoms with E-state index in [0.717, 1.165) is 36.9 Å². The number of halogens is 1. The topological polar surface area (TPSA) is 99.2 Å². The molecule has 9 nitrogen and oxygen atoms in total. The number of likely N-dealkylation sites (N-methyl/N-ethyl adjacent to an activating group) is 1. The summed E-state index contributed by atoms with van der Waals surface area (Å²) in [7, 11) is 2.08. The summed E-state index contributed by atoms with van der Waals surface area (Å²) in [5, 5.41) is 6.86. The number of nitrogens with one attached hydrogen (secondary N) is 2. The fourth-order valence-electron chi connectivity index (χ4n) is 6.02. The molecule has 2 saturated heterocycles. The molecule has 0 spiro atoms. The van der Waals surface area contributed by atoms with Crippen molar-refractivity contribution in [2.45, 2.75) is 45.2 Å². The smallest absolute Gasteiger partial charge is 0.260 e. The molecule has 3 aliphatic rings. The maximum atomic E-state index is 14.2. The lowest BCUT2D eigenvalue weighted by atomic mass is 9.94. The Morgan fingerprint density at radius 1 is 1.23 bits per heavy atom. The average Bonchev–Trinajstić information content (AvgIpc) is 3.35. The van der Waals surface area contributed by atoms with E-state index >= 15 is 0 Å². The van der Waals surface area contributed by atoms with Gasteiger partial charge in [0.25, 0.3) is 5.91 Å². The average molecular weight is 617 g/mol. The number of amidine groups is 1. The first kappa shape index (κ1) is 31.6. The summed E-state index contributed by atoms with van der Waals surface area (Å²) in [6, 6.07) is 9.84. The van der Waals surface area contributed by atoms with Gasteiger partial charge in [-0.2, -0.15) is 0 Å². The molecule has 2 N–H and O–H groups in total. The van der Waals surface area contributed by atoms with Crippen LogP contribution in [0.25, 0.3) is 16.7 Å². The van der Waals surface area contributed by atoms with Crippen molar-refractivity contribution in [1.29, 1.82) is 0 Å². The molecule has 3 aliphatic heterocycles. The Morgan fingerprint density at radius 3 is 2.68 bits per heavy atom. The first-order valence-corrected chi connectivity index (χ1v) is 15.6. The van der Waals surface area contributed by atoms with E-state index in [1.807, 2.05) is 43.3 Å². The Bertz CT molecular complexity index is 1470. The van der Waals surface area contributed by atoms with E-state index in [2.05, 4.69) is 41.1 Å².